The molecule has 2 rings (SSSR count). The fourth-order valence-electron chi connectivity index (χ4n) is 1.65. The zero-order valence-electron chi connectivity index (χ0n) is 8.02. The van der Waals surface area contributed by atoms with Crippen LogP contribution in [0.5, 0.6) is 0 Å². The fourth-order valence-corrected chi connectivity index (χ4v) is 1.88. The lowest BCUT2D eigenvalue weighted by molar-refractivity contribution is 0.426. The minimum Gasteiger partial charge on any atom is -0.423 e. The summed E-state index contributed by atoms with van der Waals surface area (Å²) >= 11 is 5.81. The first kappa shape index (κ1) is 10.5. The molecule has 0 saturated carbocycles. The Balaban J connectivity index is 2.63. The Hall–Kier alpha value is -1.03. The van der Waals surface area contributed by atoms with Crippen molar-refractivity contribution in [3.05, 3.63) is 42.0 Å². The lowest BCUT2D eigenvalue weighted by atomic mass is 9.79. The normalized spacial score (nSPS) is 10.6. The first-order valence-electron chi connectivity index (χ1n) is 4.66. The van der Waals surface area contributed by atoms with E-state index < -0.39 is 7.12 Å². The van der Waals surface area contributed by atoms with Gasteiger partial charge in [0.1, 0.15) is 0 Å². The third kappa shape index (κ3) is 2.00. The van der Waals surface area contributed by atoms with Gasteiger partial charge in [0.25, 0.3) is 0 Å². The Labute approximate surface area is 93.3 Å². The van der Waals surface area contributed by atoms with E-state index in [0.717, 1.165) is 16.3 Å². The zero-order chi connectivity index (χ0) is 10.8. The third-order valence-corrected chi connectivity index (χ3v) is 2.72. The predicted molar refractivity (Wildman–Crippen MR) is 63.3 cm³/mol. The lowest BCUT2D eigenvalue weighted by Gasteiger charge is -2.05. The smallest absolute Gasteiger partial charge is 0.423 e. The minimum atomic E-state index is -1.42. The second-order valence-electron chi connectivity index (χ2n) is 3.41. The number of halogens is 1. The van der Waals surface area contributed by atoms with Gasteiger partial charge in [-0.3, -0.25) is 0 Å². The molecular weight excluding hydrogens is 210 g/mol. The highest BCUT2D eigenvalue weighted by Crippen LogP contribution is 2.19. The Morgan fingerprint density at radius 1 is 1.13 bits per heavy atom. The molecule has 76 valence electrons. The zero-order valence-corrected chi connectivity index (χ0v) is 8.78. The topological polar surface area (TPSA) is 40.5 Å². The third-order valence-electron chi connectivity index (χ3n) is 2.44. The van der Waals surface area contributed by atoms with Crippen LogP contribution in [-0.4, -0.2) is 17.2 Å². The molecular formula is C11H10BClO2. The maximum absolute atomic E-state index is 9.04. The van der Waals surface area contributed by atoms with E-state index in [0.29, 0.717) is 11.3 Å². The monoisotopic (exact) mass is 220 g/mol. The lowest BCUT2D eigenvalue weighted by Crippen LogP contribution is -2.29. The molecule has 2 N–H and O–H groups in total. The molecule has 0 radical (unpaired) electrons. The van der Waals surface area contributed by atoms with Gasteiger partial charge in [-0.2, -0.15) is 0 Å². The molecule has 15 heavy (non-hydrogen) atoms. The molecule has 2 aromatic rings. The summed E-state index contributed by atoms with van der Waals surface area (Å²) in [7, 11) is -1.42. The van der Waals surface area contributed by atoms with Crippen molar-refractivity contribution in [3.63, 3.8) is 0 Å². The molecule has 0 aromatic heterocycles. The second-order valence-corrected chi connectivity index (χ2v) is 3.67. The van der Waals surface area contributed by atoms with Crippen molar-refractivity contribution in [2.75, 3.05) is 0 Å². The molecule has 0 saturated heterocycles. The van der Waals surface area contributed by atoms with Crippen molar-refractivity contribution in [1.82, 2.24) is 0 Å². The molecule has 2 aromatic carbocycles. The molecule has 0 fully saturated rings. The second kappa shape index (κ2) is 4.23. The molecule has 0 heterocycles. The van der Waals surface area contributed by atoms with Crippen molar-refractivity contribution in [2.24, 2.45) is 0 Å². The maximum atomic E-state index is 9.04. The number of fused-ring (bicyclic) bond motifs is 1. The molecule has 0 atom stereocenters. The van der Waals surface area contributed by atoms with Crippen molar-refractivity contribution in [2.45, 2.75) is 5.88 Å². The van der Waals surface area contributed by atoms with Crippen LogP contribution in [-0.2, 0) is 5.88 Å². The molecule has 0 bridgehead atoms. The Morgan fingerprint density at radius 3 is 2.60 bits per heavy atom. The number of rotatable bonds is 2. The van der Waals surface area contributed by atoms with Crippen LogP contribution >= 0.6 is 11.6 Å². The van der Waals surface area contributed by atoms with Gasteiger partial charge in [0.05, 0.1) is 0 Å². The van der Waals surface area contributed by atoms with E-state index in [2.05, 4.69) is 0 Å². The van der Waals surface area contributed by atoms with E-state index in [1.165, 1.54) is 0 Å². The van der Waals surface area contributed by atoms with Gasteiger partial charge in [-0.05, 0) is 21.8 Å². The largest absolute Gasteiger partial charge is 0.488 e. The minimum absolute atomic E-state index is 0.457. The number of hydrogen-bond donors (Lipinski definition) is 2. The van der Waals surface area contributed by atoms with E-state index in [4.69, 9.17) is 21.6 Å². The van der Waals surface area contributed by atoms with Crippen molar-refractivity contribution < 1.29 is 10.0 Å². The fraction of sp³-hybridized carbons (Fsp3) is 0.0909. The van der Waals surface area contributed by atoms with Crippen LogP contribution in [0, 0.1) is 0 Å². The molecule has 2 nitrogen and oxygen atoms in total. The van der Waals surface area contributed by atoms with Crippen LogP contribution in [0.2, 0.25) is 0 Å². The molecule has 0 aliphatic heterocycles. The average molecular weight is 220 g/mol. The van der Waals surface area contributed by atoms with Crippen LogP contribution in [0.4, 0.5) is 0 Å². The standard InChI is InChI=1S/C11H10BClO2/c13-7-9-3-1-2-8-6-10(12(14)15)4-5-11(8)9/h1-6,14-15H,7H2. The van der Waals surface area contributed by atoms with Crippen molar-refractivity contribution in [1.29, 1.82) is 0 Å². The van der Waals surface area contributed by atoms with E-state index in [1.54, 1.807) is 12.1 Å². The Bertz CT molecular complexity index is 485. The highest BCUT2D eigenvalue weighted by atomic mass is 35.5. The summed E-state index contributed by atoms with van der Waals surface area (Å²) in [5, 5.41) is 20.1. The molecule has 0 spiro atoms. The number of benzene rings is 2. The van der Waals surface area contributed by atoms with Gasteiger partial charge < -0.3 is 10.0 Å². The average Bonchev–Trinajstić information content (AvgIpc) is 2.27. The first-order chi connectivity index (χ1) is 7.22. The SMILES string of the molecule is OB(O)c1ccc2c(CCl)cccc2c1. The molecule has 0 aliphatic carbocycles. The van der Waals surface area contributed by atoms with E-state index in [1.807, 2.05) is 24.3 Å². The highest BCUT2D eigenvalue weighted by Gasteiger charge is 2.11. The van der Waals surface area contributed by atoms with Crippen LogP contribution in [0.1, 0.15) is 5.56 Å². The summed E-state index contributed by atoms with van der Waals surface area (Å²) < 4.78 is 0. The summed E-state index contributed by atoms with van der Waals surface area (Å²) in [4.78, 5) is 0. The van der Waals surface area contributed by atoms with Gasteiger partial charge >= 0.3 is 7.12 Å². The summed E-state index contributed by atoms with van der Waals surface area (Å²) in [5.41, 5.74) is 1.54. The van der Waals surface area contributed by atoms with Gasteiger partial charge in [0.15, 0.2) is 0 Å². The molecule has 0 aliphatic rings. The van der Waals surface area contributed by atoms with Crippen molar-refractivity contribution in [3.8, 4) is 0 Å². The Morgan fingerprint density at radius 2 is 1.93 bits per heavy atom. The van der Waals surface area contributed by atoms with Crippen molar-refractivity contribution >= 4 is 35.0 Å². The Kier molecular flexibility index (Phi) is 2.96. The summed E-state index contributed by atoms with van der Waals surface area (Å²) in [6.07, 6.45) is 0. The van der Waals surface area contributed by atoms with Gasteiger partial charge in [0.2, 0.25) is 0 Å². The summed E-state index contributed by atoms with van der Waals surface area (Å²) in [6.45, 7) is 0. The maximum Gasteiger partial charge on any atom is 0.488 e. The molecule has 0 amide bonds. The van der Waals surface area contributed by atoms with Crippen LogP contribution < -0.4 is 5.46 Å². The van der Waals surface area contributed by atoms with Gasteiger partial charge in [-0.15, -0.1) is 11.6 Å². The van der Waals surface area contributed by atoms with Gasteiger partial charge in [0, 0.05) is 5.88 Å². The van der Waals surface area contributed by atoms with E-state index in [9.17, 15) is 0 Å². The number of hydrogen-bond acceptors (Lipinski definition) is 2. The van der Waals surface area contributed by atoms with Gasteiger partial charge in [-0.25, -0.2) is 0 Å². The van der Waals surface area contributed by atoms with E-state index >= 15 is 0 Å². The van der Waals surface area contributed by atoms with Crippen LogP contribution in [0.25, 0.3) is 10.8 Å². The summed E-state index contributed by atoms with van der Waals surface area (Å²) in [6, 6.07) is 11.1. The van der Waals surface area contributed by atoms with Crippen LogP contribution in [0.3, 0.4) is 0 Å². The van der Waals surface area contributed by atoms with Crippen LogP contribution in [0.15, 0.2) is 36.4 Å². The quantitative estimate of drug-likeness (QED) is 0.591. The summed E-state index contributed by atoms with van der Waals surface area (Å²) in [5.74, 6) is 0.457. The molecule has 4 heteroatoms. The van der Waals surface area contributed by atoms with Gasteiger partial charge in [-0.1, -0.05) is 36.4 Å². The predicted octanol–water partition coefficient (Wildman–Crippen LogP) is 1.26. The van der Waals surface area contributed by atoms with E-state index in [-0.39, 0.29) is 0 Å². The molecule has 0 unspecified atom stereocenters. The highest BCUT2D eigenvalue weighted by molar-refractivity contribution is 6.58. The first-order valence-corrected chi connectivity index (χ1v) is 5.19. The number of alkyl halides is 1.